The predicted octanol–water partition coefficient (Wildman–Crippen LogP) is 4.05. The summed E-state index contributed by atoms with van der Waals surface area (Å²) in [7, 11) is 0. The molecule has 1 heterocycles. The maximum Gasteiger partial charge on any atom is 0.277 e. The van der Waals surface area contributed by atoms with Crippen molar-refractivity contribution < 1.29 is 14.6 Å². The highest BCUT2D eigenvalue weighted by molar-refractivity contribution is 8.19. The van der Waals surface area contributed by atoms with Crippen molar-refractivity contribution in [1.29, 1.82) is 0 Å². The molecule has 1 fully saturated rings. The first-order chi connectivity index (χ1) is 12.6. The Labute approximate surface area is 165 Å². The minimum atomic E-state index is -0.395. The Kier molecular flexibility index (Phi) is 6.71. The van der Waals surface area contributed by atoms with E-state index in [-0.39, 0.29) is 12.4 Å². The lowest BCUT2D eigenvalue weighted by atomic mass is 10.2. The normalized spacial score (nSPS) is 14.7. The second-order valence-corrected chi connectivity index (χ2v) is 8.59. The number of nitrogens with zero attached hydrogens (tertiary/aromatic N) is 1. The molecule has 1 aliphatic heterocycles. The molecule has 3 rings (SSSR count). The summed E-state index contributed by atoms with van der Waals surface area (Å²) in [6.45, 7) is -0.148. The average molecular weight is 409 g/mol. The lowest BCUT2D eigenvalue weighted by molar-refractivity contribution is -0.123. The summed E-state index contributed by atoms with van der Waals surface area (Å²) in [5.41, 5.74) is 4.03. The van der Waals surface area contributed by atoms with Gasteiger partial charge in [0.15, 0.2) is 6.61 Å². The number of halogens is 1. The number of hydrazone groups is 1. The number of phenols is 1. The van der Waals surface area contributed by atoms with E-state index in [0.717, 1.165) is 0 Å². The first-order valence-corrected chi connectivity index (χ1v) is 10.4. The first kappa shape index (κ1) is 18.9. The SMILES string of the molecule is O=C(COc1ccc(C2SCCS2)cc1)N/N=C\c1cc(Cl)ccc1O. The molecule has 0 aromatic heterocycles. The van der Waals surface area contributed by atoms with Gasteiger partial charge in [0, 0.05) is 22.1 Å². The fourth-order valence-electron chi connectivity index (χ4n) is 2.26. The lowest BCUT2D eigenvalue weighted by Crippen LogP contribution is -2.24. The molecule has 2 aromatic rings. The molecule has 2 N–H and O–H groups in total. The summed E-state index contributed by atoms with van der Waals surface area (Å²) in [6.07, 6.45) is 1.32. The number of hydrogen-bond acceptors (Lipinski definition) is 6. The van der Waals surface area contributed by atoms with Crippen molar-refractivity contribution in [2.24, 2.45) is 5.10 Å². The number of aromatic hydroxyl groups is 1. The molecule has 8 heteroatoms. The summed E-state index contributed by atoms with van der Waals surface area (Å²) in [4.78, 5) is 11.8. The van der Waals surface area contributed by atoms with Gasteiger partial charge in [0.1, 0.15) is 11.5 Å². The third-order valence-electron chi connectivity index (χ3n) is 3.53. The van der Waals surface area contributed by atoms with Crippen LogP contribution < -0.4 is 10.2 Å². The van der Waals surface area contributed by atoms with E-state index in [1.165, 1.54) is 29.4 Å². The Bertz CT molecular complexity index is 794. The molecular formula is C18H17ClN2O3S2. The van der Waals surface area contributed by atoms with E-state index in [1.807, 2.05) is 47.8 Å². The molecule has 0 unspecified atom stereocenters. The summed E-state index contributed by atoms with van der Waals surface area (Å²) in [5, 5.41) is 13.9. The average Bonchev–Trinajstić information content (AvgIpc) is 3.18. The van der Waals surface area contributed by atoms with Crippen LogP contribution in [0.1, 0.15) is 15.7 Å². The maximum atomic E-state index is 11.8. The zero-order valence-corrected chi connectivity index (χ0v) is 16.1. The largest absolute Gasteiger partial charge is 0.507 e. The number of benzene rings is 2. The van der Waals surface area contributed by atoms with Crippen molar-refractivity contribution >= 4 is 47.2 Å². The number of carbonyl (C=O) groups excluding carboxylic acids is 1. The number of carbonyl (C=O) groups is 1. The topological polar surface area (TPSA) is 70.9 Å². The molecule has 0 bridgehead atoms. The third-order valence-corrected chi connectivity index (χ3v) is 6.87. The Morgan fingerprint density at radius 1 is 1.27 bits per heavy atom. The van der Waals surface area contributed by atoms with Gasteiger partial charge in [0.05, 0.1) is 10.8 Å². The maximum absolute atomic E-state index is 11.8. The number of thioether (sulfide) groups is 2. The Balaban J connectivity index is 1.46. The Morgan fingerprint density at radius 2 is 2.00 bits per heavy atom. The van der Waals surface area contributed by atoms with Gasteiger partial charge in [-0.2, -0.15) is 5.10 Å². The highest BCUT2D eigenvalue weighted by atomic mass is 35.5. The second-order valence-electron chi connectivity index (χ2n) is 5.43. The highest BCUT2D eigenvalue weighted by Crippen LogP contribution is 2.45. The van der Waals surface area contributed by atoms with Crippen molar-refractivity contribution in [2.75, 3.05) is 18.1 Å². The molecule has 26 heavy (non-hydrogen) atoms. The van der Waals surface area contributed by atoms with Crippen LogP contribution in [-0.4, -0.2) is 35.3 Å². The zero-order valence-electron chi connectivity index (χ0n) is 13.7. The Morgan fingerprint density at radius 3 is 2.73 bits per heavy atom. The van der Waals surface area contributed by atoms with Gasteiger partial charge in [-0.1, -0.05) is 23.7 Å². The van der Waals surface area contributed by atoms with Gasteiger partial charge in [-0.3, -0.25) is 4.79 Å². The van der Waals surface area contributed by atoms with Crippen LogP contribution >= 0.6 is 35.1 Å². The number of hydrogen-bond donors (Lipinski definition) is 2. The lowest BCUT2D eigenvalue weighted by Gasteiger charge is -2.10. The second kappa shape index (κ2) is 9.21. The fourth-order valence-corrected chi connectivity index (χ4v) is 5.30. The molecule has 1 amide bonds. The summed E-state index contributed by atoms with van der Waals surface area (Å²) in [5.74, 6) is 2.63. The summed E-state index contributed by atoms with van der Waals surface area (Å²) >= 11 is 9.74. The van der Waals surface area contributed by atoms with Crippen LogP contribution in [0.2, 0.25) is 5.02 Å². The molecule has 2 aromatic carbocycles. The van der Waals surface area contributed by atoms with Crippen molar-refractivity contribution in [3.05, 3.63) is 58.6 Å². The van der Waals surface area contributed by atoms with Crippen LogP contribution in [0.25, 0.3) is 0 Å². The third kappa shape index (κ3) is 5.33. The van der Waals surface area contributed by atoms with E-state index in [9.17, 15) is 9.90 Å². The smallest absolute Gasteiger partial charge is 0.277 e. The minimum Gasteiger partial charge on any atom is -0.507 e. The van der Waals surface area contributed by atoms with Gasteiger partial charge in [-0.15, -0.1) is 23.5 Å². The van der Waals surface area contributed by atoms with Gasteiger partial charge in [0.2, 0.25) is 0 Å². The number of phenolic OH excluding ortho intramolecular Hbond substituents is 1. The molecule has 5 nitrogen and oxygen atoms in total. The molecule has 0 spiro atoms. The van der Waals surface area contributed by atoms with E-state index in [1.54, 1.807) is 12.1 Å². The van der Waals surface area contributed by atoms with Crippen molar-refractivity contribution in [2.45, 2.75) is 4.58 Å². The molecular weight excluding hydrogens is 392 g/mol. The van der Waals surface area contributed by atoms with E-state index in [2.05, 4.69) is 10.5 Å². The van der Waals surface area contributed by atoms with Crippen LogP contribution in [0.15, 0.2) is 47.6 Å². The zero-order chi connectivity index (χ0) is 18.4. The van der Waals surface area contributed by atoms with Crippen molar-refractivity contribution in [3.63, 3.8) is 0 Å². The number of rotatable bonds is 6. The molecule has 136 valence electrons. The van der Waals surface area contributed by atoms with Gasteiger partial charge in [-0.25, -0.2) is 5.43 Å². The van der Waals surface area contributed by atoms with Gasteiger partial charge in [-0.05, 0) is 35.9 Å². The quantitative estimate of drug-likeness (QED) is 0.557. The van der Waals surface area contributed by atoms with E-state index in [0.29, 0.717) is 20.9 Å². The predicted molar refractivity (Wildman–Crippen MR) is 108 cm³/mol. The molecule has 0 radical (unpaired) electrons. The molecule has 0 aliphatic carbocycles. The monoisotopic (exact) mass is 408 g/mol. The van der Waals surface area contributed by atoms with Crippen molar-refractivity contribution in [3.8, 4) is 11.5 Å². The first-order valence-electron chi connectivity index (χ1n) is 7.88. The summed E-state index contributed by atoms with van der Waals surface area (Å²) < 4.78 is 5.95. The van der Waals surface area contributed by atoms with E-state index >= 15 is 0 Å². The number of nitrogens with one attached hydrogen (secondary N) is 1. The summed E-state index contributed by atoms with van der Waals surface area (Å²) in [6, 6.07) is 12.4. The van der Waals surface area contributed by atoms with Crippen LogP contribution in [0.5, 0.6) is 11.5 Å². The van der Waals surface area contributed by atoms with E-state index in [4.69, 9.17) is 16.3 Å². The molecule has 1 saturated heterocycles. The molecule has 0 atom stereocenters. The van der Waals surface area contributed by atoms with E-state index < -0.39 is 5.91 Å². The van der Waals surface area contributed by atoms with Crippen LogP contribution in [0.3, 0.4) is 0 Å². The van der Waals surface area contributed by atoms with Crippen LogP contribution in [0, 0.1) is 0 Å². The minimum absolute atomic E-state index is 0.0299. The van der Waals surface area contributed by atoms with Gasteiger partial charge in [0.25, 0.3) is 5.91 Å². The number of ether oxygens (including phenoxy) is 1. The van der Waals surface area contributed by atoms with Crippen molar-refractivity contribution in [1.82, 2.24) is 5.43 Å². The highest BCUT2D eigenvalue weighted by Gasteiger charge is 2.17. The molecule has 0 saturated carbocycles. The standard InChI is InChI=1S/C18H17ClN2O3S2/c19-14-3-6-16(22)13(9-14)10-20-21-17(23)11-24-15-4-1-12(2-5-15)18-25-7-8-26-18/h1-6,9-10,18,22H,7-8,11H2,(H,21,23)/b20-10-. The van der Waals surface area contributed by atoms with Gasteiger partial charge < -0.3 is 9.84 Å². The van der Waals surface area contributed by atoms with Crippen LogP contribution in [-0.2, 0) is 4.79 Å². The number of amides is 1. The fraction of sp³-hybridized carbons (Fsp3) is 0.222. The van der Waals surface area contributed by atoms with Gasteiger partial charge >= 0.3 is 0 Å². The Hall–Kier alpha value is -1.83. The molecule has 1 aliphatic rings. The van der Waals surface area contributed by atoms with Crippen LogP contribution in [0.4, 0.5) is 0 Å².